The summed E-state index contributed by atoms with van der Waals surface area (Å²) in [6, 6.07) is 9.05. The minimum Gasteiger partial charge on any atom is -0.491 e. The molecule has 2 aromatic rings. The number of alkyl halides is 2. The van der Waals surface area contributed by atoms with Crippen molar-refractivity contribution in [1.29, 1.82) is 0 Å². The molecule has 2 N–H and O–H groups in total. The molecule has 35 heavy (non-hydrogen) atoms. The van der Waals surface area contributed by atoms with Gasteiger partial charge in [-0.1, -0.05) is 24.3 Å². The topological polar surface area (TPSA) is 113 Å². The summed E-state index contributed by atoms with van der Waals surface area (Å²) in [4.78, 5) is 50.3. The highest BCUT2D eigenvalue weighted by Gasteiger charge is 2.41. The fraction of sp³-hybridized carbons (Fsp3) is 0.360. The molecule has 1 unspecified atom stereocenters. The quantitative estimate of drug-likeness (QED) is 0.553. The smallest absolute Gasteiger partial charge is 0.349 e. The highest BCUT2D eigenvalue weighted by atomic mass is 19.3. The predicted octanol–water partition coefficient (Wildman–Crippen LogP) is 2.11. The number of ether oxygens (including phenoxy) is 1. The van der Waals surface area contributed by atoms with Gasteiger partial charge in [0.2, 0.25) is 0 Å². The Kier molecular flexibility index (Phi) is 6.93. The largest absolute Gasteiger partial charge is 0.491 e. The Morgan fingerprint density at radius 3 is 2.71 bits per heavy atom. The molecule has 1 heterocycles. The molecule has 184 valence electrons. The first-order chi connectivity index (χ1) is 16.7. The fourth-order valence-corrected chi connectivity index (χ4v) is 4.32. The van der Waals surface area contributed by atoms with Crippen molar-refractivity contribution in [2.75, 3.05) is 13.2 Å². The van der Waals surface area contributed by atoms with Gasteiger partial charge in [-0.15, -0.1) is 0 Å². The number of aliphatic hydroxyl groups is 1. The number of fused-ring (bicyclic) bond motifs is 1. The molecule has 1 fully saturated rings. The molecule has 0 radical (unpaired) electrons. The zero-order valence-electron chi connectivity index (χ0n) is 18.8. The van der Waals surface area contributed by atoms with Gasteiger partial charge in [0.25, 0.3) is 11.8 Å². The summed E-state index contributed by atoms with van der Waals surface area (Å²) in [7, 11) is 0. The van der Waals surface area contributed by atoms with Gasteiger partial charge in [0.05, 0.1) is 19.1 Å². The van der Waals surface area contributed by atoms with Gasteiger partial charge < -0.3 is 20.1 Å². The normalized spacial score (nSPS) is 18.0. The zero-order chi connectivity index (χ0) is 25.2. The van der Waals surface area contributed by atoms with E-state index in [1.807, 2.05) is 0 Å². The molecule has 2 aromatic carbocycles. The van der Waals surface area contributed by atoms with Gasteiger partial charge in [-0.05, 0) is 35.7 Å². The maximum Gasteiger partial charge on any atom is 0.349 e. The van der Waals surface area contributed by atoms with Gasteiger partial charge in [0, 0.05) is 30.6 Å². The molecule has 0 saturated heterocycles. The second kappa shape index (κ2) is 9.91. The summed E-state index contributed by atoms with van der Waals surface area (Å²) in [6.07, 6.45) is 0.368. The number of rotatable bonds is 8. The monoisotopic (exact) mass is 486 g/mol. The molecule has 8 nitrogen and oxygen atoms in total. The Morgan fingerprint density at radius 1 is 1.17 bits per heavy atom. The average molecular weight is 486 g/mol. The highest BCUT2D eigenvalue weighted by molar-refractivity contribution is 6.07. The van der Waals surface area contributed by atoms with Crippen LogP contribution in [-0.4, -0.2) is 52.6 Å². The first-order valence-electron chi connectivity index (χ1n) is 11.2. The summed E-state index contributed by atoms with van der Waals surface area (Å²) < 4.78 is 34.6. The summed E-state index contributed by atoms with van der Waals surface area (Å²) in [5.41, 5.74) is 1.02. The van der Waals surface area contributed by atoms with Crippen molar-refractivity contribution in [1.82, 2.24) is 10.2 Å². The van der Waals surface area contributed by atoms with E-state index >= 15 is 0 Å². The molecule has 0 spiro atoms. The number of halogens is 2. The Morgan fingerprint density at radius 2 is 1.97 bits per heavy atom. The standard InChI is InChI=1S/C25H24F2N2O6/c26-25(27,17-2-1-3-19(11-17)35-9-8-30)24(34)28-13-15-4-6-20-16(10-15)14-29(23(20)33)21-7-5-18(31)12-22(21)32/h1-4,6,10-11,21,30H,5,7-9,12-14H2,(H,28,34). The first-order valence-corrected chi connectivity index (χ1v) is 11.2. The van der Waals surface area contributed by atoms with Gasteiger partial charge in [-0.25, -0.2) is 0 Å². The van der Waals surface area contributed by atoms with E-state index in [2.05, 4.69) is 5.32 Å². The Balaban J connectivity index is 1.41. The van der Waals surface area contributed by atoms with Gasteiger partial charge in [-0.2, -0.15) is 8.78 Å². The van der Waals surface area contributed by atoms with E-state index in [9.17, 15) is 28.0 Å². The van der Waals surface area contributed by atoms with E-state index in [0.29, 0.717) is 23.1 Å². The molecule has 2 aliphatic rings. The van der Waals surface area contributed by atoms with Crippen LogP contribution in [0.2, 0.25) is 0 Å². The number of hydrogen-bond donors (Lipinski definition) is 2. The molecule has 10 heteroatoms. The van der Waals surface area contributed by atoms with E-state index in [1.54, 1.807) is 18.2 Å². The lowest BCUT2D eigenvalue weighted by Gasteiger charge is -2.29. The van der Waals surface area contributed by atoms with E-state index in [1.165, 1.54) is 17.0 Å². The number of hydrogen-bond acceptors (Lipinski definition) is 6. The Labute approximate surface area is 199 Å². The van der Waals surface area contributed by atoms with Crippen LogP contribution in [0.25, 0.3) is 0 Å². The van der Waals surface area contributed by atoms with Crippen LogP contribution in [-0.2, 0) is 33.4 Å². The Bertz CT molecular complexity index is 1180. The lowest BCUT2D eigenvalue weighted by atomic mass is 9.92. The SMILES string of the molecule is O=C1CCC(N2Cc3cc(CNC(=O)C(F)(F)c4cccc(OCCO)c4)ccc3C2=O)C(=O)C1. The third kappa shape index (κ3) is 5.07. The number of aliphatic hydroxyl groups excluding tert-OH is 1. The van der Waals surface area contributed by atoms with Crippen LogP contribution in [0.4, 0.5) is 8.78 Å². The molecule has 0 aromatic heterocycles. The van der Waals surface area contributed by atoms with Crippen molar-refractivity contribution in [2.24, 2.45) is 0 Å². The van der Waals surface area contributed by atoms with Crippen LogP contribution in [0.3, 0.4) is 0 Å². The lowest BCUT2D eigenvalue weighted by molar-refractivity contribution is -0.147. The van der Waals surface area contributed by atoms with E-state index in [-0.39, 0.29) is 62.4 Å². The van der Waals surface area contributed by atoms with Crippen molar-refractivity contribution < 1.29 is 37.8 Å². The third-order valence-electron chi connectivity index (χ3n) is 6.11. The molecule has 4 rings (SSSR count). The van der Waals surface area contributed by atoms with E-state index < -0.39 is 23.4 Å². The molecule has 1 aliphatic heterocycles. The number of ketones is 2. The lowest BCUT2D eigenvalue weighted by Crippen LogP contribution is -2.44. The van der Waals surface area contributed by atoms with Crippen LogP contribution in [0, 0.1) is 0 Å². The van der Waals surface area contributed by atoms with Crippen molar-refractivity contribution in [3.8, 4) is 5.75 Å². The minimum absolute atomic E-state index is 0.0630. The number of nitrogens with zero attached hydrogens (tertiary/aromatic N) is 1. The van der Waals surface area contributed by atoms with E-state index in [0.717, 1.165) is 12.1 Å². The van der Waals surface area contributed by atoms with Gasteiger partial charge in [0.1, 0.15) is 18.1 Å². The van der Waals surface area contributed by atoms with E-state index in [4.69, 9.17) is 9.84 Å². The highest BCUT2D eigenvalue weighted by Crippen LogP contribution is 2.32. The second-order valence-electron chi connectivity index (χ2n) is 8.52. The maximum atomic E-state index is 14.7. The van der Waals surface area contributed by atoms with Crippen LogP contribution < -0.4 is 10.1 Å². The first kappa shape index (κ1) is 24.5. The molecular formula is C25H24F2N2O6. The Hall–Kier alpha value is -3.66. The number of carbonyl (C=O) groups is 4. The number of nitrogens with one attached hydrogen (secondary N) is 1. The number of amides is 2. The van der Waals surface area contributed by atoms with Crippen LogP contribution in [0.5, 0.6) is 5.75 Å². The summed E-state index contributed by atoms with van der Waals surface area (Å²) in [6.45, 7) is -0.348. The summed E-state index contributed by atoms with van der Waals surface area (Å²) >= 11 is 0. The fourth-order valence-electron chi connectivity index (χ4n) is 4.32. The molecule has 0 bridgehead atoms. The van der Waals surface area contributed by atoms with Crippen molar-refractivity contribution in [3.63, 3.8) is 0 Å². The number of carbonyl (C=O) groups excluding carboxylic acids is 4. The van der Waals surface area contributed by atoms with Gasteiger partial charge >= 0.3 is 5.92 Å². The molecular weight excluding hydrogens is 462 g/mol. The average Bonchev–Trinajstić information content (AvgIpc) is 3.16. The van der Waals surface area contributed by atoms with Crippen molar-refractivity contribution in [2.45, 2.75) is 44.3 Å². The van der Waals surface area contributed by atoms with Gasteiger partial charge in [0.15, 0.2) is 5.78 Å². The zero-order valence-corrected chi connectivity index (χ0v) is 18.8. The van der Waals surface area contributed by atoms with Crippen LogP contribution in [0.15, 0.2) is 42.5 Å². The predicted molar refractivity (Wildman–Crippen MR) is 119 cm³/mol. The van der Waals surface area contributed by atoms with Crippen LogP contribution in [0.1, 0.15) is 46.3 Å². The third-order valence-corrected chi connectivity index (χ3v) is 6.11. The summed E-state index contributed by atoms with van der Waals surface area (Å²) in [5.74, 6) is -5.91. The number of benzene rings is 2. The van der Waals surface area contributed by atoms with Crippen molar-refractivity contribution >= 4 is 23.4 Å². The van der Waals surface area contributed by atoms with Crippen LogP contribution >= 0.6 is 0 Å². The molecule has 2 amide bonds. The molecule has 1 aliphatic carbocycles. The number of Topliss-reactive ketones (excluding diaryl/α,β-unsaturated/α-hetero) is 2. The maximum absolute atomic E-state index is 14.7. The molecule has 1 atom stereocenters. The van der Waals surface area contributed by atoms with Gasteiger partial charge in [-0.3, -0.25) is 19.2 Å². The minimum atomic E-state index is -3.82. The summed E-state index contributed by atoms with van der Waals surface area (Å²) in [5, 5.41) is 11.0. The van der Waals surface area contributed by atoms with Crippen molar-refractivity contribution in [3.05, 3.63) is 64.7 Å². The second-order valence-corrected chi connectivity index (χ2v) is 8.52. The molecule has 1 saturated carbocycles.